The highest BCUT2D eigenvalue weighted by atomic mass is 16.5. The predicted octanol–water partition coefficient (Wildman–Crippen LogP) is 2.04. The van der Waals surface area contributed by atoms with Crippen LogP contribution in [0.2, 0.25) is 0 Å². The molecule has 2 aromatic rings. The quantitative estimate of drug-likeness (QED) is 0.930. The maximum atomic E-state index is 5.99. The van der Waals surface area contributed by atoms with Crippen molar-refractivity contribution >= 4 is 17.0 Å². The number of fused-ring (bicyclic) bond motifs is 1. The largest absolute Gasteiger partial charge is 0.460 e. The molecule has 0 aromatic carbocycles. The molecule has 4 rings (SSSR count). The van der Waals surface area contributed by atoms with E-state index in [1.807, 2.05) is 4.57 Å². The number of nitrogen functional groups attached to an aromatic ring is 1. The third-order valence-corrected chi connectivity index (χ3v) is 4.22. The molecular weight excluding hydrogens is 270 g/mol. The Morgan fingerprint density at radius 1 is 1.19 bits per heavy atom. The summed E-state index contributed by atoms with van der Waals surface area (Å²) < 4.78 is 13.5. The van der Waals surface area contributed by atoms with Crippen molar-refractivity contribution in [1.29, 1.82) is 0 Å². The van der Waals surface area contributed by atoms with E-state index in [0.717, 1.165) is 38.7 Å². The van der Waals surface area contributed by atoms with Gasteiger partial charge in [-0.15, -0.1) is 0 Å². The Balaban J connectivity index is 1.70. The van der Waals surface area contributed by atoms with Crippen LogP contribution in [0.5, 0.6) is 6.01 Å². The zero-order valence-corrected chi connectivity index (χ0v) is 11.9. The van der Waals surface area contributed by atoms with E-state index < -0.39 is 0 Å². The van der Waals surface area contributed by atoms with Crippen molar-refractivity contribution in [2.24, 2.45) is 0 Å². The van der Waals surface area contributed by atoms with Crippen LogP contribution < -0.4 is 10.5 Å². The summed E-state index contributed by atoms with van der Waals surface area (Å²) in [6.07, 6.45) is 8.49. The van der Waals surface area contributed by atoms with Crippen LogP contribution >= 0.6 is 0 Å². The molecule has 2 fully saturated rings. The fourth-order valence-corrected chi connectivity index (χ4v) is 2.76. The van der Waals surface area contributed by atoms with Gasteiger partial charge in [-0.05, 0) is 38.5 Å². The highest BCUT2D eigenvalue weighted by molar-refractivity contribution is 5.81. The van der Waals surface area contributed by atoms with Gasteiger partial charge < -0.3 is 15.2 Å². The van der Waals surface area contributed by atoms with Gasteiger partial charge in [0.25, 0.3) is 0 Å². The highest BCUT2D eigenvalue weighted by Crippen LogP contribution is 2.29. The first kappa shape index (κ1) is 12.8. The van der Waals surface area contributed by atoms with Crippen LogP contribution in [0.25, 0.3) is 11.2 Å². The minimum absolute atomic E-state index is 0.0189. The first-order chi connectivity index (χ1) is 10.3. The van der Waals surface area contributed by atoms with E-state index in [4.69, 9.17) is 15.2 Å². The van der Waals surface area contributed by atoms with Crippen LogP contribution in [0.15, 0.2) is 6.33 Å². The molecule has 7 heteroatoms. The summed E-state index contributed by atoms with van der Waals surface area (Å²) in [6, 6.07) is 0.349. The number of nitrogens with two attached hydrogens (primary N) is 1. The smallest absolute Gasteiger partial charge is 0.320 e. The standard InChI is InChI=1S/C14H19N5O2/c15-12-11-13(18-14(17-12)21-9-4-3-5-9)19(8-16-11)10-6-1-2-7-20-10/h8-10H,1-7H2,(H2,15,17,18). The van der Waals surface area contributed by atoms with Crippen molar-refractivity contribution in [3.8, 4) is 6.01 Å². The van der Waals surface area contributed by atoms with Crippen molar-refractivity contribution in [2.45, 2.75) is 50.9 Å². The van der Waals surface area contributed by atoms with Crippen LogP contribution in [0.1, 0.15) is 44.8 Å². The molecule has 1 aliphatic carbocycles. The molecule has 1 atom stereocenters. The van der Waals surface area contributed by atoms with Crippen LogP contribution in [-0.4, -0.2) is 32.2 Å². The summed E-state index contributed by atoms with van der Waals surface area (Å²) in [5.41, 5.74) is 7.30. The molecular formula is C14H19N5O2. The Kier molecular flexibility index (Phi) is 3.14. The van der Waals surface area contributed by atoms with Crippen molar-refractivity contribution in [3.05, 3.63) is 6.33 Å². The maximum Gasteiger partial charge on any atom is 0.320 e. The van der Waals surface area contributed by atoms with Crippen LogP contribution in [-0.2, 0) is 4.74 Å². The minimum atomic E-state index is -0.0189. The Morgan fingerprint density at radius 2 is 2.10 bits per heavy atom. The number of aromatic nitrogens is 4. The molecule has 1 saturated heterocycles. The molecule has 2 aromatic heterocycles. The lowest BCUT2D eigenvalue weighted by molar-refractivity contribution is -0.0298. The van der Waals surface area contributed by atoms with E-state index in [1.165, 1.54) is 6.42 Å². The monoisotopic (exact) mass is 289 g/mol. The van der Waals surface area contributed by atoms with E-state index in [1.54, 1.807) is 6.33 Å². The van der Waals surface area contributed by atoms with Crippen molar-refractivity contribution in [1.82, 2.24) is 19.5 Å². The molecule has 1 unspecified atom stereocenters. The highest BCUT2D eigenvalue weighted by Gasteiger charge is 2.23. The van der Waals surface area contributed by atoms with E-state index >= 15 is 0 Å². The predicted molar refractivity (Wildman–Crippen MR) is 76.8 cm³/mol. The fourth-order valence-electron chi connectivity index (χ4n) is 2.76. The molecule has 2 aliphatic rings. The Morgan fingerprint density at radius 3 is 2.81 bits per heavy atom. The molecule has 0 amide bonds. The van der Waals surface area contributed by atoms with E-state index in [-0.39, 0.29) is 12.3 Å². The summed E-state index contributed by atoms with van der Waals surface area (Å²) in [5.74, 6) is 0.365. The molecule has 0 spiro atoms. The molecule has 3 heterocycles. The van der Waals surface area contributed by atoms with Gasteiger partial charge in [-0.1, -0.05) is 0 Å². The van der Waals surface area contributed by atoms with E-state index in [9.17, 15) is 0 Å². The van der Waals surface area contributed by atoms with Gasteiger partial charge in [-0.3, -0.25) is 4.57 Å². The first-order valence-corrected chi connectivity index (χ1v) is 7.59. The number of anilines is 1. The molecule has 1 aliphatic heterocycles. The second-order valence-electron chi connectivity index (χ2n) is 5.71. The van der Waals surface area contributed by atoms with Gasteiger partial charge in [0.1, 0.15) is 12.3 Å². The lowest BCUT2D eigenvalue weighted by Crippen LogP contribution is -2.25. The van der Waals surface area contributed by atoms with Crippen molar-refractivity contribution in [3.63, 3.8) is 0 Å². The number of nitrogens with zero attached hydrogens (tertiary/aromatic N) is 4. The van der Waals surface area contributed by atoms with E-state index in [2.05, 4.69) is 15.0 Å². The Hall–Kier alpha value is -1.89. The average Bonchev–Trinajstić information content (AvgIpc) is 2.88. The second kappa shape index (κ2) is 5.14. The normalized spacial score (nSPS) is 23.1. The number of rotatable bonds is 3. The molecule has 112 valence electrons. The summed E-state index contributed by atoms with van der Waals surface area (Å²) in [7, 11) is 0. The maximum absolute atomic E-state index is 5.99. The van der Waals surface area contributed by atoms with Gasteiger partial charge in [0, 0.05) is 6.61 Å². The summed E-state index contributed by atoms with van der Waals surface area (Å²) in [4.78, 5) is 13.0. The number of hydrogen-bond acceptors (Lipinski definition) is 6. The molecule has 0 radical (unpaired) electrons. The first-order valence-electron chi connectivity index (χ1n) is 7.59. The van der Waals surface area contributed by atoms with Crippen molar-refractivity contribution < 1.29 is 9.47 Å². The van der Waals surface area contributed by atoms with Crippen LogP contribution in [0.3, 0.4) is 0 Å². The van der Waals surface area contributed by atoms with Gasteiger partial charge in [0.15, 0.2) is 17.0 Å². The lowest BCUT2D eigenvalue weighted by Gasteiger charge is -2.25. The van der Waals surface area contributed by atoms with E-state index in [0.29, 0.717) is 23.0 Å². The fraction of sp³-hybridized carbons (Fsp3) is 0.643. The molecule has 0 bridgehead atoms. The molecule has 1 saturated carbocycles. The van der Waals surface area contributed by atoms with Gasteiger partial charge >= 0.3 is 6.01 Å². The second-order valence-corrected chi connectivity index (χ2v) is 5.71. The number of imidazole rings is 1. The molecule has 21 heavy (non-hydrogen) atoms. The van der Waals surface area contributed by atoms with Crippen LogP contribution in [0.4, 0.5) is 5.82 Å². The Bertz CT molecular complexity index is 646. The van der Waals surface area contributed by atoms with Gasteiger partial charge in [-0.2, -0.15) is 9.97 Å². The molecule has 7 nitrogen and oxygen atoms in total. The summed E-state index contributed by atoms with van der Waals surface area (Å²) in [6.45, 7) is 0.774. The zero-order chi connectivity index (χ0) is 14.2. The molecule has 2 N–H and O–H groups in total. The summed E-state index contributed by atoms with van der Waals surface area (Å²) in [5, 5.41) is 0. The summed E-state index contributed by atoms with van der Waals surface area (Å²) >= 11 is 0. The SMILES string of the molecule is Nc1nc(OC2CCC2)nc2c1ncn2C1CCCCO1. The lowest BCUT2D eigenvalue weighted by atomic mass is 9.96. The van der Waals surface area contributed by atoms with Gasteiger partial charge in [-0.25, -0.2) is 4.98 Å². The van der Waals surface area contributed by atoms with Gasteiger partial charge in [0.05, 0.1) is 6.33 Å². The minimum Gasteiger partial charge on any atom is -0.460 e. The van der Waals surface area contributed by atoms with Crippen molar-refractivity contribution in [2.75, 3.05) is 12.3 Å². The van der Waals surface area contributed by atoms with Gasteiger partial charge in [0.2, 0.25) is 0 Å². The zero-order valence-electron chi connectivity index (χ0n) is 11.9. The topological polar surface area (TPSA) is 88.1 Å². The number of ether oxygens (including phenoxy) is 2. The Labute approximate surface area is 122 Å². The van der Waals surface area contributed by atoms with Crippen LogP contribution in [0, 0.1) is 0 Å². The third-order valence-electron chi connectivity index (χ3n) is 4.22. The average molecular weight is 289 g/mol. The third kappa shape index (κ3) is 2.31. The number of hydrogen-bond donors (Lipinski definition) is 1.